The van der Waals surface area contributed by atoms with Crippen molar-refractivity contribution in [1.82, 2.24) is 15.1 Å². The summed E-state index contributed by atoms with van der Waals surface area (Å²) in [7, 11) is 0. The highest BCUT2D eigenvalue weighted by Gasteiger charge is 2.40. The van der Waals surface area contributed by atoms with Gasteiger partial charge in [0.05, 0.1) is 22.4 Å². The molecule has 0 aliphatic carbocycles. The van der Waals surface area contributed by atoms with E-state index in [9.17, 15) is 14.0 Å². The first kappa shape index (κ1) is 24.5. The van der Waals surface area contributed by atoms with Gasteiger partial charge in [-0.1, -0.05) is 27.7 Å². The number of rotatable bonds is 6. The third-order valence-electron chi connectivity index (χ3n) is 5.59. The van der Waals surface area contributed by atoms with Gasteiger partial charge in [-0.05, 0) is 53.1 Å². The molecule has 3 heterocycles. The second-order valence-corrected chi connectivity index (χ2v) is 11.2. The summed E-state index contributed by atoms with van der Waals surface area (Å²) in [5.74, 6) is 0.0955. The van der Waals surface area contributed by atoms with Crippen molar-refractivity contribution in [2.45, 2.75) is 44.8 Å². The summed E-state index contributed by atoms with van der Waals surface area (Å²) < 4.78 is 15.4. The third kappa shape index (κ3) is 4.90. The van der Waals surface area contributed by atoms with Crippen LogP contribution in [0, 0.1) is 5.82 Å². The molecule has 0 spiro atoms. The van der Waals surface area contributed by atoms with Gasteiger partial charge in [0.25, 0.3) is 0 Å². The molecule has 0 fully saturated rings. The first-order chi connectivity index (χ1) is 16.2. The molecule has 0 saturated carbocycles. The summed E-state index contributed by atoms with van der Waals surface area (Å²) in [5.41, 5.74) is 3.19. The van der Waals surface area contributed by atoms with Crippen molar-refractivity contribution in [2.75, 3.05) is 23.7 Å². The number of carbonyl (C=O) groups is 2. The molecule has 34 heavy (non-hydrogen) atoms. The summed E-state index contributed by atoms with van der Waals surface area (Å²) in [6, 6.07) is 8.12. The number of thioether (sulfide) groups is 1. The lowest BCUT2D eigenvalue weighted by molar-refractivity contribution is -0.122. The maximum absolute atomic E-state index is 13.7. The number of nitrogens with one attached hydrogen (secondary N) is 1. The Hall–Kier alpha value is -2.65. The van der Waals surface area contributed by atoms with E-state index >= 15 is 0 Å². The van der Waals surface area contributed by atoms with Crippen LogP contribution in [-0.2, 0) is 15.0 Å². The van der Waals surface area contributed by atoms with E-state index in [1.165, 1.54) is 12.1 Å². The summed E-state index contributed by atoms with van der Waals surface area (Å²) >= 11 is 3.16. The number of hydrogen-bond donors (Lipinski definition) is 1. The van der Waals surface area contributed by atoms with Crippen LogP contribution >= 0.6 is 23.1 Å². The fourth-order valence-electron chi connectivity index (χ4n) is 3.99. The Morgan fingerprint density at radius 3 is 2.59 bits per heavy atom. The van der Waals surface area contributed by atoms with Crippen molar-refractivity contribution in [3.8, 4) is 5.69 Å². The molecule has 9 heteroatoms. The lowest BCUT2D eigenvalue weighted by atomic mass is 9.87. The number of anilines is 1. The largest absolute Gasteiger partial charge is 0.355 e. The van der Waals surface area contributed by atoms with Crippen molar-refractivity contribution < 1.29 is 14.0 Å². The van der Waals surface area contributed by atoms with Crippen molar-refractivity contribution in [3.63, 3.8) is 0 Å². The predicted molar refractivity (Wildman–Crippen MR) is 136 cm³/mol. The molecule has 3 aromatic rings. The smallest absolute Gasteiger partial charge is 0.240 e. The lowest BCUT2D eigenvalue weighted by Crippen LogP contribution is -2.42. The molecule has 6 nitrogen and oxygen atoms in total. The van der Waals surface area contributed by atoms with Crippen LogP contribution in [0.15, 0.2) is 41.1 Å². The van der Waals surface area contributed by atoms with E-state index in [4.69, 9.17) is 5.10 Å². The molecule has 0 radical (unpaired) electrons. The number of amides is 2. The predicted octanol–water partition coefficient (Wildman–Crippen LogP) is 5.07. The second-order valence-electron chi connectivity index (χ2n) is 9.30. The zero-order chi connectivity index (χ0) is 24.5. The van der Waals surface area contributed by atoms with E-state index in [1.54, 1.807) is 44.8 Å². The van der Waals surface area contributed by atoms with Gasteiger partial charge < -0.3 is 5.32 Å². The summed E-state index contributed by atoms with van der Waals surface area (Å²) in [5, 5.41) is 11.9. The highest BCUT2D eigenvalue weighted by Crippen LogP contribution is 2.48. The Morgan fingerprint density at radius 1 is 1.24 bits per heavy atom. The van der Waals surface area contributed by atoms with Gasteiger partial charge in [0.15, 0.2) is 0 Å². The molecular weight excluding hydrogens is 471 g/mol. The van der Waals surface area contributed by atoms with Gasteiger partial charge in [0, 0.05) is 17.5 Å². The number of carbonyl (C=O) groups excluding carboxylic acids is 2. The van der Waals surface area contributed by atoms with Crippen LogP contribution in [0.25, 0.3) is 5.69 Å². The average molecular weight is 501 g/mol. The van der Waals surface area contributed by atoms with Gasteiger partial charge in [-0.2, -0.15) is 16.4 Å². The van der Waals surface area contributed by atoms with E-state index in [-0.39, 0.29) is 40.6 Å². The summed E-state index contributed by atoms with van der Waals surface area (Å²) in [4.78, 5) is 27.7. The molecule has 1 unspecified atom stereocenters. The number of thiophene rings is 1. The van der Waals surface area contributed by atoms with Gasteiger partial charge in [0.2, 0.25) is 11.8 Å². The van der Waals surface area contributed by atoms with Gasteiger partial charge in [-0.25, -0.2) is 9.07 Å². The topological polar surface area (TPSA) is 67.2 Å². The summed E-state index contributed by atoms with van der Waals surface area (Å²) in [6.45, 7) is 8.70. The summed E-state index contributed by atoms with van der Waals surface area (Å²) in [6.07, 6.45) is 0.808. The molecule has 1 N–H and O–H groups in total. The number of aromatic nitrogens is 2. The molecular formula is C25H29FN4O2S2. The molecule has 4 rings (SSSR count). The average Bonchev–Trinajstić information content (AvgIpc) is 3.43. The van der Waals surface area contributed by atoms with Crippen LogP contribution in [0.5, 0.6) is 0 Å². The van der Waals surface area contributed by atoms with Crippen molar-refractivity contribution in [2.24, 2.45) is 0 Å². The zero-order valence-electron chi connectivity index (χ0n) is 19.8. The molecule has 180 valence electrons. The van der Waals surface area contributed by atoms with Crippen LogP contribution in [0.2, 0.25) is 0 Å². The number of nitrogens with zero attached hydrogens (tertiary/aromatic N) is 3. The van der Waals surface area contributed by atoms with E-state index in [0.717, 1.165) is 23.2 Å². The van der Waals surface area contributed by atoms with Crippen LogP contribution < -0.4 is 10.2 Å². The molecule has 1 aliphatic heterocycles. The molecule has 0 saturated heterocycles. The molecule has 1 atom stereocenters. The first-order valence-electron chi connectivity index (χ1n) is 11.3. The van der Waals surface area contributed by atoms with Gasteiger partial charge in [0.1, 0.15) is 18.2 Å². The van der Waals surface area contributed by atoms with Crippen molar-refractivity contribution >= 4 is 40.7 Å². The fraction of sp³-hybridized carbons (Fsp3) is 0.400. The maximum Gasteiger partial charge on any atom is 0.240 e. The quantitative estimate of drug-likeness (QED) is 0.513. The standard InChI is InChI=1S/C25H29FN4O2S2/c1-5-11-27-19(31)13-29-20(32)15-34-22(16-10-12-33-14-16)21-23(25(2,3)4)28-30(24(21)29)18-8-6-17(26)7-9-18/h6-10,12,14,22H,5,11,13,15H2,1-4H3,(H,27,31). The molecule has 1 aromatic carbocycles. The maximum atomic E-state index is 13.7. The van der Waals surface area contributed by atoms with Gasteiger partial charge >= 0.3 is 0 Å². The Morgan fingerprint density at radius 2 is 1.97 bits per heavy atom. The van der Waals surface area contributed by atoms with E-state index in [1.807, 2.05) is 12.3 Å². The van der Waals surface area contributed by atoms with Crippen LogP contribution in [0.1, 0.15) is 56.2 Å². The normalized spacial score (nSPS) is 16.3. The Bertz CT molecular complexity index is 1170. The minimum Gasteiger partial charge on any atom is -0.355 e. The molecule has 1 aliphatic rings. The zero-order valence-corrected chi connectivity index (χ0v) is 21.4. The first-order valence-corrected chi connectivity index (χ1v) is 13.3. The van der Waals surface area contributed by atoms with Crippen LogP contribution in [0.4, 0.5) is 10.2 Å². The van der Waals surface area contributed by atoms with Gasteiger partial charge in [-0.3, -0.25) is 14.5 Å². The van der Waals surface area contributed by atoms with Crippen molar-refractivity contribution in [1.29, 1.82) is 0 Å². The number of halogens is 1. The van der Waals surface area contributed by atoms with E-state index < -0.39 is 0 Å². The Kier molecular flexibility index (Phi) is 7.14. The third-order valence-corrected chi connectivity index (χ3v) is 7.55. The monoisotopic (exact) mass is 500 g/mol. The Balaban J connectivity index is 1.97. The minimum atomic E-state index is -0.350. The number of fused-ring (bicyclic) bond motifs is 1. The van der Waals surface area contributed by atoms with E-state index in [2.05, 4.69) is 37.5 Å². The number of benzene rings is 1. The van der Waals surface area contributed by atoms with Gasteiger partial charge in [-0.15, -0.1) is 11.8 Å². The lowest BCUT2D eigenvalue weighted by Gasteiger charge is -2.24. The highest BCUT2D eigenvalue weighted by molar-refractivity contribution is 8.00. The highest BCUT2D eigenvalue weighted by atomic mass is 32.2. The van der Waals surface area contributed by atoms with Crippen LogP contribution in [0.3, 0.4) is 0 Å². The molecule has 2 aromatic heterocycles. The van der Waals surface area contributed by atoms with Crippen LogP contribution in [-0.4, -0.2) is 40.4 Å². The van der Waals surface area contributed by atoms with Crippen molar-refractivity contribution in [3.05, 3.63) is 63.7 Å². The molecule has 2 amide bonds. The molecule has 0 bridgehead atoms. The van der Waals surface area contributed by atoms with E-state index in [0.29, 0.717) is 18.1 Å². The number of hydrogen-bond acceptors (Lipinski definition) is 5. The second kappa shape index (κ2) is 9.92. The SMILES string of the molecule is CCCNC(=O)CN1C(=O)CSC(c2ccsc2)c2c(C(C)(C)C)nn(-c3ccc(F)cc3)c21. The minimum absolute atomic E-state index is 0.0980. The fourth-order valence-corrected chi connectivity index (χ4v) is 5.95. The Labute approximate surface area is 207 Å².